The maximum absolute atomic E-state index is 12.5. The maximum Gasteiger partial charge on any atom is 0.282 e. The van der Waals surface area contributed by atoms with E-state index in [-0.39, 0.29) is 22.5 Å². The molecule has 1 aromatic heterocycles. The highest BCUT2D eigenvalue weighted by atomic mass is 32.1. The van der Waals surface area contributed by atoms with E-state index in [4.69, 9.17) is 0 Å². The summed E-state index contributed by atoms with van der Waals surface area (Å²) in [6.07, 6.45) is 1.56. The fourth-order valence-electron chi connectivity index (χ4n) is 2.25. The molecule has 2 amide bonds. The molecule has 3 rings (SSSR count). The van der Waals surface area contributed by atoms with Gasteiger partial charge in [-0.25, -0.2) is 4.98 Å². The minimum atomic E-state index is -0.674. The molecule has 26 heavy (non-hydrogen) atoms. The van der Waals surface area contributed by atoms with E-state index < -0.39 is 16.7 Å². The fraction of sp³-hybridized carbons (Fsp3) is 0. The Morgan fingerprint density at radius 3 is 2.31 bits per heavy atom. The zero-order valence-electron chi connectivity index (χ0n) is 13.2. The number of hydrogen-bond donors (Lipinski definition) is 2. The molecule has 0 radical (unpaired) electrons. The van der Waals surface area contributed by atoms with Gasteiger partial charge in [0.1, 0.15) is 5.56 Å². The molecule has 1 heterocycles. The van der Waals surface area contributed by atoms with Gasteiger partial charge < -0.3 is 5.32 Å². The van der Waals surface area contributed by atoms with Crippen LogP contribution >= 0.6 is 11.3 Å². The number of carbonyl (C=O) groups excluding carboxylic acids is 2. The highest BCUT2D eigenvalue weighted by Gasteiger charge is 2.21. The van der Waals surface area contributed by atoms with Crippen molar-refractivity contribution < 1.29 is 14.5 Å². The smallest absolute Gasteiger partial charge is 0.282 e. The Hall–Kier alpha value is -3.59. The molecule has 0 bridgehead atoms. The van der Waals surface area contributed by atoms with Gasteiger partial charge in [-0.2, -0.15) is 0 Å². The van der Waals surface area contributed by atoms with Crippen molar-refractivity contribution in [2.45, 2.75) is 0 Å². The van der Waals surface area contributed by atoms with Crippen molar-refractivity contribution in [3.63, 3.8) is 0 Å². The third kappa shape index (κ3) is 3.73. The highest BCUT2D eigenvalue weighted by molar-refractivity contribution is 7.13. The Morgan fingerprint density at radius 1 is 0.962 bits per heavy atom. The molecule has 8 nitrogen and oxygen atoms in total. The Morgan fingerprint density at radius 2 is 1.62 bits per heavy atom. The van der Waals surface area contributed by atoms with E-state index in [1.54, 1.807) is 29.8 Å². The molecule has 0 unspecified atom stereocenters. The lowest BCUT2D eigenvalue weighted by atomic mass is 10.1. The lowest BCUT2D eigenvalue weighted by Gasteiger charge is -2.10. The van der Waals surface area contributed by atoms with Crippen LogP contribution in [-0.4, -0.2) is 21.7 Å². The second-order valence-electron chi connectivity index (χ2n) is 5.07. The monoisotopic (exact) mass is 368 g/mol. The van der Waals surface area contributed by atoms with E-state index in [9.17, 15) is 19.7 Å². The van der Waals surface area contributed by atoms with Crippen LogP contribution < -0.4 is 10.6 Å². The summed E-state index contributed by atoms with van der Waals surface area (Å²) in [6, 6.07) is 12.0. The molecule has 0 aliphatic heterocycles. The van der Waals surface area contributed by atoms with Gasteiger partial charge in [-0.1, -0.05) is 24.3 Å². The van der Waals surface area contributed by atoms with E-state index in [0.717, 1.165) is 0 Å². The first-order valence-electron chi connectivity index (χ1n) is 7.41. The summed E-state index contributed by atoms with van der Waals surface area (Å²) < 4.78 is 0. The van der Waals surface area contributed by atoms with E-state index >= 15 is 0 Å². The summed E-state index contributed by atoms with van der Waals surface area (Å²) in [5, 5.41) is 18.4. The van der Waals surface area contributed by atoms with Gasteiger partial charge in [0.05, 0.1) is 16.2 Å². The Labute approximate surface area is 151 Å². The van der Waals surface area contributed by atoms with Gasteiger partial charge in [0.15, 0.2) is 5.13 Å². The zero-order chi connectivity index (χ0) is 18.5. The fourth-order valence-corrected chi connectivity index (χ4v) is 2.78. The van der Waals surface area contributed by atoms with Gasteiger partial charge in [-0.15, -0.1) is 11.3 Å². The number of rotatable bonds is 5. The molecule has 9 heteroatoms. The van der Waals surface area contributed by atoms with Gasteiger partial charge in [-0.05, 0) is 18.2 Å². The first kappa shape index (κ1) is 17.2. The third-order valence-electron chi connectivity index (χ3n) is 3.42. The first-order chi connectivity index (χ1) is 12.6. The van der Waals surface area contributed by atoms with Gasteiger partial charge in [0, 0.05) is 17.6 Å². The van der Waals surface area contributed by atoms with Crippen LogP contribution in [0.3, 0.4) is 0 Å². The van der Waals surface area contributed by atoms with Crippen molar-refractivity contribution in [2.24, 2.45) is 0 Å². The second-order valence-corrected chi connectivity index (χ2v) is 5.96. The minimum absolute atomic E-state index is 0.0902. The SMILES string of the molecule is O=C(Nc1nccs1)c1ccccc1NC(=O)c1ccccc1[N+](=O)[O-]. The summed E-state index contributed by atoms with van der Waals surface area (Å²) in [4.78, 5) is 39.3. The first-order valence-corrected chi connectivity index (χ1v) is 8.29. The molecule has 0 saturated carbocycles. The lowest BCUT2D eigenvalue weighted by Crippen LogP contribution is -2.19. The van der Waals surface area contributed by atoms with Crippen molar-refractivity contribution in [3.8, 4) is 0 Å². The number of nitrogens with zero attached hydrogens (tertiary/aromatic N) is 2. The molecule has 0 aliphatic carbocycles. The van der Waals surface area contributed by atoms with Crippen LogP contribution in [0.5, 0.6) is 0 Å². The van der Waals surface area contributed by atoms with Crippen LogP contribution in [0.15, 0.2) is 60.1 Å². The molecule has 2 aromatic carbocycles. The number of nitro groups is 1. The molecule has 130 valence electrons. The van der Waals surface area contributed by atoms with Gasteiger partial charge in [0.25, 0.3) is 17.5 Å². The zero-order valence-corrected chi connectivity index (χ0v) is 14.0. The number of nitrogens with one attached hydrogen (secondary N) is 2. The summed E-state index contributed by atoms with van der Waals surface area (Å²) in [5.41, 5.74) is 0.0571. The highest BCUT2D eigenvalue weighted by Crippen LogP contribution is 2.22. The largest absolute Gasteiger partial charge is 0.321 e. The van der Waals surface area contributed by atoms with E-state index in [1.165, 1.54) is 41.7 Å². The van der Waals surface area contributed by atoms with E-state index in [1.807, 2.05) is 0 Å². The molecule has 3 aromatic rings. The molecule has 0 spiro atoms. The maximum atomic E-state index is 12.5. The molecule has 2 N–H and O–H groups in total. The molecular weight excluding hydrogens is 356 g/mol. The average molecular weight is 368 g/mol. The number of nitro benzene ring substituents is 1. The van der Waals surface area contributed by atoms with Gasteiger partial charge in [0.2, 0.25) is 0 Å². The van der Waals surface area contributed by atoms with Crippen LogP contribution in [0.4, 0.5) is 16.5 Å². The van der Waals surface area contributed by atoms with Crippen LogP contribution in [-0.2, 0) is 0 Å². The van der Waals surface area contributed by atoms with E-state index in [2.05, 4.69) is 15.6 Å². The summed E-state index contributed by atoms with van der Waals surface area (Å²) in [5.74, 6) is -1.12. The third-order valence-corrected chi connectivity index (χ3v) is 4.11. The minimum Gasteiger partial charge on any atom is -0.321 e. The summed E-state index contributed by atoms with van der Waals surface area (Å²) >= 11 is 1.26. The quantitative estimate of drug-likeness (QED) is 0.528. The van der Waals surface area contributed by atoms with E-state index in [0.29, 0.717) is 5.13 Å². The molecule has 0 aliphatic rings. The van der Waals surface area contributed by atoms with Crippen molar-refractivity contribution in [1.29, 1.82) is 0 Å². The summed E-state index contributed by atoms with van der Waals surface area (Å²) in [6.45, 7) is 0. The van der Waals surface area contributed by atoms with Gasteiger partial charge in [-0.3, -0.25) is 25.0 Å². The second kappa shape index (κ2) is 7.53. The Balaban J connectivity index is 1.86. The number of benzene rings is 2. The Kier molecular flexibility index (Phi) is 4.99. The van der Waals surface area contributed by atoms with Crippen molar-refractivity contribution in [3.05, 3.63) is 81.3 Å². The van der Waals surface area contributed by atoms with Crippen molar-refractivity contribution >= 4 is 39.7 Å². The van der Waals surface area contributed by atoms with Crippen molar-refractivity contribution in [2.75, 3.05) is 10.6 Å². The number of hydrogen-bond acceptors (Lipinski definition) is 6. The average Bonchev–Trinajstić information content (AvgIpc) is 3.15. The number of carbonyl (C=O) groups is 2. The van der Waals surface area contributed by atoms with Crippen molar-refractivity contribution in [1.82, 2.24) is 4.98 Å². The predicted octanol–water partition coefficient (Wildman–Crippen LogP) is 3.56. The normalized spacial score (nSPS) is 10.2. The number of para-hydroxylation sites is 2. The van der Waals surface area contributed by atoms with Crippen LogP contribution in [0.1, 0.15) is 20.7 Å². The van der Waals surface area contributed by atoms with Crippen LogP contribution in [0.25, 0.3) is 0 Å². The van der Waals surface area contributed by atoms with Gasteiger partial charge >= 0.3 is 0 Å². The number of thiazole rings is 1. The van der Waals surface area contributed by atoms with Crippen LogP contribution in [0.2, 0.25) is 0 Å². The topological polar surface area (TPSA) is 114 Å². The lowest BCUT2D eigenvalue weighted by molar-refractivity contribution is -0.385. The molecule has 0 saturated heterocycles. The standard InChI is InChI=1S/C17H12N4O4S/c22-15(20-17-18-9-10-26-17)11-5-1-3-7-13(11)19-16(23)12-6-2-4-8-14(12)21(24)25/h1-10H,(H,19,23)(H,18,20,22). The van der Waals surface area contributed by atoms with Crippen LogP contribution in [0, 0.1) is 10.1 Å². The number of amides is 2. The molecular formula is C17H12N4O4S. The molecule has 0 fully saturated rings. The summed E-state index contributed by atoms with van der Waals surface area (Å²) in [7, 11) is 0. The molecule has 0 atom stereocenters. The number of aromatic nitrogens is 1. The Bertz CT molecular complexity index is 972. The number of anilines is 2. The predicted molar refractivity (Wildman–Crippen MR) is 97.6 cm³/mol.